The van der Waals surface area contributed by atoms with Crippen molar-refractivity contribution in [3.05, 3.63) is 69.4 Å². The average molecular weight is 361 g/mol. The Kier molecular flexibility index (Phi) is 4.80. The van der Waals surface area contributed by atoms with E-state index in [1.54, 1.807) is 37.3 Å². The summed E-state index contributed by atoms with van der Waals surface area (Å²) in [6, 6.07) is 8.40. The molecule has 0 saturated heterocycles. The van der Waals surface area contributed by atoms with E-state index in [1.807, 2.05) is 0 Å². The summed E-state index contributed by atoms with van der Waals surface area (Å²) < 4.78 is 10.8. The molecule has 2 heterocycles. The highest BCUT2D eigenvalue weighted by Gasteiger charge is 2.25. The molecule has 0 atom stereocenters. The van der Waals surface area contributed by atoms with Crippen molar-refractivity contribution in [2.75, 3.05) is 5.32 Å². The van der Waals surface area contributed by atoms with E-state index >= 15 is 0 Å². The number of benzene rings is 1. The lowest BCUT2D eigenvalue weighted by atomic mass is 10.2. The molecule has 0 fully saturated rings. The second kappa shape index (κ2) is 7.18. The molecule has 2 aromatic heterocycles. The number of aromatic nitrogens is 2. The standard InChI is InChI=1S/C16H13ClN4O4/c1-10-7-11(4-5-13(10)17)25-16-14(21(22)23)15(19-9-20-16)18-8-12-3-2-6-24-12/h2-7,9H,8H2,1H3,(H,18,19,20). The molecule has 0 radical (unpaired) electrons. The maximum atomic E-state index is 11.5. The second-order valence-corrected chi connectivity index (χ2v) is 5.49. The predicted octanol–water partition coefficient (Wildman–Crippen LogP) is 4.34. The lowest BCUT2D eigenvalue weighted by molar-refractivity contribution is -0.385. The van der Waals surface area contributed by atoms with Gasteiger partial charge < -0.3 is 14.5 Å². The number of hydrogen-bond donors (Lipinski definition) is 1. The molecular formula is C16H13ClN4O4. The Morgan fingerprint density at radius 2 is 2.20 bits per heavy atom. The van der Waals surface area contributed by atoms with E-state index in [0.29, 0.717) is 16.5 Å². The first kappa shape index (κ1) is 16.7. The van der Waals surface area contributed by atoms with Gasteiger partial charge in [-0.3, -0.25) is 10.1 Å². The van der Waals surface area contributed by atoms with Gasteiger partial charge in [-0.2, -0.15) is 4.98 Å². The van der Waals surface area contributed by atoms with E-state index < -0.39 is 4.92 Å². The van der Waals surface area contributed by atoms with Crippen molar-refractivity contribution in [3.8, 4) is 11.6 Å². The van der Waals surface area contributed by atoms with Crippen LogP contribution in [0.1, 0.15) is 11.3 Å². The zero-order chi connectivity index (χ0) is 17.8. The van der Waals surface area contributed by atoms with Crippen LogP contribution in [0.15, 0.2) is 47.3 Å². The Balaban J connectivity index is 1.89. The van der Waals surface area contributed by atoms with E-state index in [1.165, 1.54) is 12.6 Å². The summed E-state index contributed by atoms with van der Waals surface area (Å²) in [7, 11) is 0. The normalized spacial score (nSPS) is 10.5. The third kappa shape index (κ3) is 3.86. The number of nitrogens with zero attached hydrogens (tertiary/aromatic N) is 3. The van der Waals surface area contributed by atoms with Gasteiger partial charge in [-0.15, -0.1) is 0 Å². The number of nitro groups is 1. The van der Waals surface area contributed by atoms with Gasteiger partial charge in [0, 0.05) is 5.02 Å². The van der Waals surface area contributed by atoms with Crippen LogP contribution in [-0.4, -0.2) is 14.9 Å². The van der Waals surface area contributed by atoms with Crippen molar-refractivity contribution in [2.24, 2.45) is 0 Å². The molecule has 0 unspecified atom stereocenters. The highest BCUT2D eigenvalue weighted by Crippen LogP contribution is 2.35. The van der Waals surface area contributed by atoms with Crippen molar-refractivity contribution in [2.45, 2.75) is 13.5 Å². The van der Waals surface area contributed by atoms with E-state index in [-0.39, 0.29) is 23.9 Å². The van der Waals surface area contributed by atoms with Gasteiger partial charge in [0.25, 0.3) is 0 Å². The number of rotatable bonds is 6. The van der Waals surface area contributed by atoms with Gasteiger partial charge in [0.05, 0.1) is 17.7 Å². The van der Waals surface area contributed by atoms with Crippen LogP contribution in [0.2, 0.25) is 5.02 Å². The number of hydrogen-bond acceptors (Lipinski definition) is 7. The number of nitrogens with one attached hydrogen (secondary N) is 1. The quantitative estimate of drug-likeness (QED) is 0.515. The van der Waals surface area contributed by atoms with Crippen LogP contribution in [0.3, 0.4) is 0 Å². The fraction of sp³-hybridized carbons (Fsp3) is 0.125. The molecule has 8 nitrogen and oxygen atoms in total. The SMILES string of the molecule is Cc1cc(Oc2ncnc(NCc3ccco3)c2[N+](=O)[O-])ccc1Cl. The number of aryl methyl sites for hydroxylation is 1. The first-order valence-corrected chi connectivity index (χ1v) is 7.62. The van der Waals surface area contributed by atoms with Crippen LogP contribution in [0.5, 0.6) is 11.6 Å². The third-order valence-electron chi connectivity index (χ3n) is 3.33. The fourth-order valence-electron chi connectivity index (χ4n) is 2.11. The Morgan fingerprint density at radius 3 is 2.88 bits per heavy atom. The molecule has 9 heteroatoms. The van der Waals surface area contributed by atoms with Gasteiger partial charge in [-0.05, 0) is 42.8 Å². The molecule has 1 aromatic carbocycles. The summed E-state index contributed by atoms with van der Waals surface area (Å²) in [5.74, 6) is 0.880. The minimum Gasteiger partial charge on any atom is -0.467 e. The predicted molar refractivity (Wildman–Crippen MR) is 91.0 cm³/mol. The third-order valence-corrected chi connectivity index (χ3v) is 3.75. The lowest BCUT2D eigenvalue weighted by Gasteiger charge is -2.09. The molecule has 0 aliphatic rings. The van der Waals surface area contributed by atoms with Crippen LogP contribution in [-0.2, 0) is 6.54 Å². The van der Waals surface area contributed by atoms with E-state index in [0.717, 1.165) is 5.56 Å². The Labute approximate surface area is 147 Å². The van der Waals surface area contributed by atoms with Crippen molar-refractivity contribution in [1.82, 2.24) is 9.97 Å². The second-order valence-electron chi connectivity index (χ2n) is 5.08. The van der Waals surface area contributed by atoms with Crippen molar-refractivity contribution in [1.29, 1.82) is 0 Å². The van der Waals surface area contributed by atoms with Gasteiger partial charge in [-0.1, -0.05) is 11.6 Å². The van der Waals surface area contributed by atoms with Gasteiger partial charge in [0.1, 0.15) is 17.8 Å². The molecule has 0 amide bonds. The minimum atomic E-state index is -0.595. The van der Waals surface area contributed by atoms with Crippen molar-refractivity contribution < 1.29 is 14.1 Å². The Morgan fingerprint density at radius 1 is 1.36 bits per heavy atom. The number of anilines is 1. The number of furan rings is 1. The summed E-state index contributed by atoms with van der Waals surface area (Å²) in [6.07, 6.45) is 2.71. The zero-order valence-electron chi connectivity index (χ0n) is 13.1. The molecule has 1 N–H and O–H groups in total. The minimum absolute atomic E-state index is 0.0390. The van der Waals surface area contributed by atoms with Gasteiger partial charge in [0.2, 0.25) is 5.82 Å². The molecule has 25 heavy (non-hydrogen) atoms. The van der Waals surface area contributed by atoms with Crippen LogP contribution < -0.4 is 10.1 Å². The molecule has 0 aliphatic heterocycles. The molecule has 0 aliphatic carbocycles. The van der Waals surface area contributed by atoms with Crippen molar-refractivity contribution in [3.63, 3.8) is 0 Å². The van der Waals surface area contributed by atoms with E-state index in [9.17, 15) is 10.1 Å². The van der Waals surface area contributed by atoms with Gasteiger partial charge in [0.15, 0.2) is 0 Å². The summed E-state index contributed by atoms with van der Waals surface area (Å²) >= 11 is 5.97. The smallest absolute Gasteiger partial charge is 0.373 e. The molecule has 128 valence electrons. The van der Waals surface area contributed by atoms with Gasteiger partial charge >= 0.3 is 11.6 Å². The first-order valence-electron chi connectivity index (χ1n) is 7.24. The Bertz CT molecular complexity index is 899. The van der Waals surface area contributed by atoms with E-state index in [2.05, 4.69) is 15.3 Å². The maximum Gasteiger partial charge on any atom is 0.373 e. The van der Waals surface area contributed by atoms with Crippen LogP contribution in [0, 0.1) is 17.0 Å². The molecule has 0 saturated carbocycles. The highest BCUT2D eigenvalue weighted by atomic mass is 35.5. The topological polar surface area (TPSA) is 103 Å². The molecular weight excluding hydrogens is 348 g/mol. The van der Waals surface area contributed by atoms with Crippen LogP contribution >= 0.6 is 11.6 Å². The average Bonchev–Trinajstić information content (AvgIpc) is 3.09. The Hall–Kier alpha value is -3.13. The maximum absolute atomic E-state index is 11.5. The number of halogens is 1. The molecule has 0 spiro atoms. The van der Waals surface area contributed by atoms with Crippen molar-refractivity contribution >= 4 is 23.1 Å². The summed E-state index contributed by atoms with van der Waals surface area (Å²) in [4.78, 5) is 18.7. The molecule has 0 bridgehead atoms. The largest absolute Gasteiger partial charge is 0.467 e. The first-order chi connectivity index (χ1) is 12.0. The van der Waals surface area contributed by atoms with E-state index in [4.69, 9.17) is 20.8 Å². The lowest BCUT2D eigenvalue weighted by Crippen LogP contribution is -2.06. The molecule has 3 rings (SSSR count). The highest BCUT2D eigenvalue weighted by molar-refractivity contribution is 6.31. The summed E-state index contributed by atoms with van der Waals surface area (Å²) in [5, 5.41) is 14.9. The zero-order valence-corrected chi connectivity index (χ0v) is 13.9. The van der Waals surface area contributed by atoms with Gasteiger partial charge in [-0.25, -0.2) is 4.98 Å². The van der Waals surface area contributed by atoms with Crippen LogP contribution in [0.25, 0.3) is 0 Å². The summed E-state index contributed by atoms with van der Waals surface area (Å²) in [6.45, 7) is 2.05. The fourth-order valence-corrected chi connectivity index (χ4v) is 2.23. The monoisotopic (exact) mass is 360 g/mol. The number of ether oxygens (including phenoxy) is 1. The summed E-state index contributed by atoms with van der Waals surface area (Å²) in [5.41, 5.74) is 0.425. The van der Waals surface area contributed by atoms with Crippen LogP contribution in [0.4, 0.5) is 11.5 Å². The molecule has 3 aromatic rings.